The second kappa shape index (κ2) is 4.91. The highest BCUT2D eigenvalue weighted by molar-refractivity contribution is 7.83. The van der Waals surface area contributed by atoms with Crippen LogP contribution in [0.3, 0.4) is 0 Å². The molecule has 0 aliphatic carbocycles. The van der Waals surface area contributed by atoms with E-state index in [1.807, 2.05) is 50.4 Å². The molecule has 1 unspecified atom stereocenters. The Kier molecular flexibility index (Phi) is 3.22. The Bertz CT molecular complexity index is 809. The number of nitrogens with zero attached hydrogens (tertiary/aromatic N) is 2. The Morgan fingerprint density at radius 1 is 1.20 bits per heavy atom. The second-order valence-corrected chi connectivity index (χ2v) is 6.20. The van der Waals surface area contributed by atoms with Crippen LogP contribution < -0.4 is 5.46 Å². The number of rotatable bonds is 2. The zero-order chi connectivity index (χ0) is 14.3. The summed E-state index contributed by atoms with van der Waals surface area (Å²) in [6, 6.07) is 9.53. The van der Waals surface area contributed by atoms with Crippen molar-refractivity contribution >= 4 is 35.3 Å². The van der Waals surface area contributed by atoms with E-state index in [0.29, 0.717) is 11.1 Å². The number of fused-ring (bicyclic) bond motifs is 1. The summed E-state index contributed by atoms with van der Waals surface area (Å²) in [6.07, 6.45) is 3.44. The molecule has 0 saturated carbocycles. The first-order valence-electron chi connectivity index (χ1n) is 6.28. The van der Waals surface area contributed by atoms with E-state index < -0.39 is 11.0 Å². The fraction of sp³-hybridized carbons (Fsp3) is 0.133. The van der Waals surface area contributed by atoms with Crippen molar-refractivity contribution in [1.29, 1.82) is 0 Å². The van der Waals surface area contributed by atoms with Gasteiger partial charge in [0.2, 0.25) is 0 Å². The molecule has 2 heterocycles. The average molecular weight is 280 g/mol. The normalized spacial score (nSPS) is 12.7. The van der Waals surface area contributed by atoms with Crippen molar-refractivity contribution < 1.29 is 4.21 Å². The molecule has 3 nitrogen and oxygen atoms in total. The number of aromatic nitrogens is 2. The van der Waals surface area contributed by atoms with Crippen LogP contribution in [0.25, 0.3) is 11.0 Å². The van der Waals surface area contributed by atoms with Crippen LogP contribution in [0.2, 0.25) is 0 Å². The van der Waals surface area contributed by atoms with E-state index in [2.05, 4.69) is 4.98 Å². The minimum Gasteiger partial charge on any atom is -0.246 e. The van der Waals surface area contributed by atoms with Crippen molar-refractivity contribution in [2.24, 2.45) is 0 Å². The molecule has 0 N–H and O–H groups in total. The van der Waals surface area contributed by atoms with Gasteiger partial charge >= 0.3 is 0 Å². The maximum Gasteiger partial charge on any atom is 0.158 e. The van der Waals surface area contributed by atoms with Gasteiger partial charge in [-0.1, -0.05) is 29.2 Å². The van der Waals surface area contributed by atoms with Crippen LogP contribution in [0.1, 0.15) is 11.1 Å². The lowest BCUT2D eigenvalue weighted by molar-refractivity contribution is 0.678. The van der Waals surface area contributed by atoms with Crippen molar-refractivity contribution in [2.45, 2.75) is 18.7 Å². The molecule has 3 aromatic rings. The molecular weight excluding hydrogens is 267 g/mol. The molecule has 0 spiro atoms. The highest BCUT2D eigenvalue weighted by atomic mass is 32.2. The van der Waals surface area contributed by atoms with E-state index in [-0.39, 0.29) is 0 Å². The first-order chi connectivity index (χ1) is 9.56. The zero-order valence-corrected chi connectivity index (χ0v) is 12.1. The molecule has 2 aromatic heterocycles. The van der Waals surface area contributed by atoms with Gasteiger partial charge in [0.15, 0.2) is 16.6 Å². The van der Waals surface area contributed by atoms with Gasteiger partial charge in [-0.05, 0) is 31.5 Å². The standard InChI is InChI=1S/C15H13BN2OS/c1-10-3-5-13(6-4-10)20(19)18-9-11(2)14-7-12(16)8-17-15(14)18/h3-9H,1-2H3. The minimum atomic E-state index is -1.30. The third-order valence-electron chi connectivity index (χ3n) is 3.23. The lowest BCUT2D eigenvalue weighted by atomic mass is 9.97. The first kappa shape index (κ1) is 13.1. The van der Waals surface area contributed by atoms with Crippen LogP contribution in [0, 0.1) is 13.8 Å². The summed E-state index contributed by atoms with van der Waals surface area (Å²) >= 11 is 0. The van der Waals surface area contributed by atoms with Crippen LogP contribution in [-0.4, -0.2) is 21.0 Å². The van der Waals surface area contributed by atoms with Crippen LogP contribution in [-0.2, 0) is 11.0 Å². The summed E-state index contributed by atoms with van der Waals surface area (Å²) in [5.74, 6) is 0. The van der Waals surface area contributed by atoms with Crippen LogP contribution in [0.15, 0.2) is 47.6 Å². The minimum absolute atomic E-state index is 0.611. The fourth-order valence-corrected chi connectivity index (χ4v) is 3.29. The largest absolute Gasteiger partial charge is 0.246 e. The van der Waals surface area contributed by atoms with E-state index in [1.165, 1.54) is 0 Å². The zero-order valence-electron chi connectivity index (χ0n) is 11.3. The molecule has 1 aromatic carbocycles. The number of benzene rings is 1. The SMILES string of the molecule is [B]c1cnc2c(c1)c(C)cn2S(=O)c1ccc(C)cc1. The van der Waals surface area contributed by atoms with Gasteiger partial charge in [-0.15, -0.1) is 0 Å². The summed E-state index contributed by atoms with van der Waals surface area (Å²) in [5, 5.41) is 0.936. The number of hydrogen-bond donors (Lipinski definition) is 0. The third kappa shape index (κ3) is 2.18. The number of hydrogen-bond acceptors (Lipinski definition) is 2. The summed E-state index contributed by atoms with van der Waals surface area (Å²) in [5.41, 5.74) is 3.46. The molecule has 1 atom stereocenters. The summed E-state index contributed by atoms with van der Waals surface area (Å²) in [6.45, 7) is 3.97. The number of aryl methyl sites for hydroxylation is 2. The first-order valence-corrected chi connectivity index (χ1v) is 7.39. The summed E-state index contributed by atoms with van der Waals surface area (Å²) in [4.78, 5) is 5.07. The van der Waals surface area contributed by atoms with Crippen LogP contribution >= 0.6 is 0 Å². The predicted octanol–water partition coefficient (Wildman–Crippen LogP) is 2.02. The molecule has 0 bridgehead atoms. The van der Waals surface area contributed by atoms with Crippen molar-refractivity contribution in [1.82, 2.24) is 8.96 Å². The molecule has 0 aliphatic rings. The van der Waals surface area contributed by atoms with Gasteiger partial charge in [-0.2, -0.15) is 0 Å². The van der Waals surface area contributed by atoms with Gasteiger partial charge in [-0.25, -0.2) is 13.2 Å². The van der Waals surface area contributed by atoms with Gasteiger partial charge in [0.05, 0.1) is 4.90 Å². The Hall–Kier alpha value is -1.88. The highest BCUT2D eigenvalue weighted by Gasteiger charge is 2.13. The molecule has 20 heavy (non-hydrogen) atoms. The average Bonchev–Trinajstić information content (AvgIpc) is 2.76. The second-order valence-electron chi connectivity index (χ2n) is 4.84. The van der Waals surface area contributed by atoms with Crippen LogP contribution in [0.5, 0.6) is 0 Å². The summed E-state index contributed by atoms with van der Waals surface area (Å²) < 4.78 is 14.4. The Morgan fingerprint density at radius 3 is 2.60 bits per heavy atom. The van der Waals surface area contributed by atoms with Crippen molar-refractivity contribution in [2.75, 3.05) is 0 Å². The van der Waals surface area contributed by atoms with Crippen LogP contribution in [0.4, 0.5) is 0 Å². The van der Waals surface area contributed by atoms with E-state index in [9.17, 15) is 4.21 Å². The maximum absolute atomic E-state index is 12.7. The highest BCUT2D eigenvalue weighted by Crippen LogP contribution is 2.21. The molecule has 0 amide bonds. The van der Waals surface area contributed by atoms with E-state index in [0.717, 1.165) is 21.4 Å². The summed E-state index contributed by atoms with van der Waals surface area (Å²) in [7, 11) is 4.46. The van der Waals surface area contributed by atoms with E-state index in [1.54, 1.807) is 10.2 Å². The molecule has 0 aliphatic heterocycles. The van der Waals surface area contributed by atoms with Crippen molar-refractivity contribution in [3.05, 3.63) is 53.9 Å². The van der Waals surface area contributed by atoms with Crippen molar-refractivity contribution in [3.63, 3.8) is 0 Å². The molecule has 0 fully saturated rings. The van der Waals surface area contributed by atoms with Gasteiger partial charge in [-0.3, -0.25) is 0 Å². The molecular formula is C15H13BN2OS. The molecule has 2 radical (unpaired) electrons. The predicted molar refractivity (Wildman–Crippen MR) is 82.8 cm³/mol. The Morgan fingerprint density at radius 2 is 1.90 bits per heavy atom. The molecule has 98 valence electrons. The monoisotopic (exact) mass is 280 g/mol. The Balaban J connectivity index is 2.15. The molecule has 5 heteroatoms. The number of pyridine rings is 1. The Labute approximate surface area is 121 Å². The van der Waals surface area contributed by atoms with E-state index in [4.69, 9.17) is 7.85 Å². The van der Waals surface area contributed by atoms with Gasteiger partial charge in [0.1, 0.15) is 7.85 Å². The van der Waals surface area contributed by atoms with E-state index >= 15 is 0 Å². The maximum atomic E-state index is 12.7. The van der Waals surface area contributed by atoms with Gasteiger partial charge in [0.25, 0.3) is 0 Å². The quantitative estimate of drug-likeness (QED) is 0.673. The fourth-order valence-electron chi connectivity index (χ4n) is 2.14. The van der Waals surface area contributed by atoms with Gasteiger partial charge in [0, 0.05) is 17.8 Å². The molecule has 0 saturated heterocycles. The van der Waals surface area contributed by atoms with Crippen molar-refractivity contribution in [3.8, 4) is 0 Å². The molecule has 3 rings (SSSR count). The third-order valence-corrected chi connectivity index (χ3v) is 4.54. The smallest absolute Gasteiger partial charge is 0.158 e. The topological polar surface area (TPSA) is 34.9 Å². The lowest BCUT2D eigenvalue weighted by Crippen LogP contribution is -2.07. The lowest BCUT2D eigenvalue weighted by Gasteiger charge is -2.05. The van der Waals surface area contributed by atoms with Gasteiger partial charge < -0.3 is 0 Å².